The van der Waals surface area contributed by atoms with E-state index in [9.17, 15) is 9.50 Å². The molecule has 1 atom stereocenters. The van der Waals surface area contributed by atoms with Crippen LogP contribution in [0.3, 0.4) is 0 Å². The molecule has 5 nitrogen and oxygen atoms in total. The number of hydrogen-bond donors (Lipinski definition) is 1. The maximum atomic E-state index is 13.0. The Morgan fingerprint density at radius 1 is 0.923 bits per heavy atom. The van der Waals surface area contributed by atoms with Gasteiger partial charge in [-0.3, -0.25) is 0 Å². The van der Waals surface area contributed by atoms with Crippen LogP contribution in [-0.2, 0) is 13.0 Å². The third-order valence-corrected chi connectivity index (χ3v) is 4.28. The third kappa shape index (κ3) is 3.32. The molecule has 0 saturated carbocycles. The van der Waals surface area contributed by atoms with Gasteiger partial charge >= 0.3 is 0 Å². The zero-order valence-electron chi connectivity index (χ0n) is 14.0. The molecule has 0 amide bonds. The van der Waals surface area contributed by atoms with E-state index < -0.39 is 6.10 Å². The van der Waals surface area contributed by atoms with Crippen molar-refractivity contribution in [2.24, 2.45) is 0 Å². The monoisotopic (exact) mass is 348 g/mol. The Morgan fingerprint density at radius 3 is 2.46 bits per heavy atom. The van der Waals surface area contributed by atoms with Crippen molar-refractivity contribution >= 4 is 11.2 Å². The predicted molar refractivity (Wildman–Crippen MR) is 95.9 cm³/mol. The van der Waals surface area contributed by atoms with E-state index in [0.29, 0.717) is 29.8 Å². The highest BCUT2D eigenvalue weighted by Crippen LogP contribution is 2.23. The number of imidazole rings is 1. The number of fused-ring (bicyclic) bond motifs is 1. The normalized spacial score (nSPS) is 12.4. The van der Waals surface area contributed by atoms with Gasteiger partial charge in [0.05, 0.1) is 12.9 Å². The van der Waals surface area contributed by atoms with Gasteiger partial charge in [0.15, 0.2) is 5.65 Å². The minimum atomic E-state index is -0.842. The quantitative estimate of drug-likeness (QED) is 0.601. The number of hydrogen-bond acceptors (Lipinski definition) is 4. The first-order chi connectivity index (χ1) is 12.7. The Hall–Kier alpha value is -3.12. The van der Waals surface area contributed by atoms with Gasteiger partial charge in [0, 0.05) is 6.42 Å². The second kappa shape index (κ2) is 7.01. The Balaban J connectivity index is 1.62. The van der Waals surface area contributed by atoms with Crippen molar-refractivity contribution in [1.82, 2.24) is 19.5 Å². The summed E-state index contributed by atoms with van der Waals surface area (Å²) < 4.78 is 15.0. The molecule has 6 heteroatoms. The average molecular weight is 348 g/mol. The van der Waals surface area contributed by atoms with E-state index in [4.69, 9.17) is 0 Å². The molecule has 2 heterocycles. The van der Waals surface area contributed by atoms with Gasteiger partial charge in [-0.2, -0.15) is 0 Å². The van der Waals surface area contributed by atoms with Crippen LogP contribution in [0.15, 0.2) is 67.3 Å². The van der Waals surface area contributed by atoms with Crippen molar-refractivity contribution in [1.29, 1.82) is 0 Å². The predicted octanol–water partition coefficient (Wildman–Crippen LogP) is 3.29. The van der Waals surface area contributed by atoms with Crippen LogP contribution in [-0.4, -0.2) is 24.6 Å². The van der Waals surface area contributed by atoms with Crippen molar-refractivity contribution < 1.29 is 9.50 Å². The summed E-state index contributed by atoms with van der Waals surface area (Å²) in [5, 5.41) is 10.6. The van der Waals surface area contributed by atoms with Crippen molar-refractivity contribution in [2.75, 3.05) is 0 Å². The number of nitrogens with zero attached hydrogens (tertiary/aromatic N) is 4. The summed E-state index contributed by atoms with van der Waals surface area (Å²) in [5.74, 6) is -0.299. The first-order valence-corrected chi connectivity index (χ1v) is 8.33. The van der Waals surface area contributed by atoms with Gasteiger partial charge in [-0.25, -0.2) is 19.3 Å². The number of aromatic nitrogens is 4. The topological polar surface area (TPSA) is 63.8 Å². The molecule has 2 aromatic heterocycles. The van der Waals surface area contributed by atoms with E-state index >= 15 is 0 Å². The highest BCUT2D eigenvalue weighted by molar-refractivity contribution is 5.73. The molecule has 0 spiro atoms. The second-order valence-corrected chi connectivity index (χ2v) is 6.14. The molecule has 4 aromatic rings. The molecule has 0 radical (unpaired) electrons. The molecular weight excluding hydrogens is 331 g/mol. The van der Waals surface area contributed by atoms with Crippen molar-refractivity contribution in [2.45, 2.75) is 19.1 Å². The number of benzene rings is 2. The number of halogens is 1. The molecule has 0 saturated heterocycles. The van der Waals surface area contributed by atoms with Gasteiger partial charge < -0.3 is 9.67 Å². The van der Waals surface area contributed by atoms with Gasteiger partial charge in [-0.15, -0.1) is 0 Å². The molecule has 0 aliphatic heterocycles. The molecule has 0 bridgehead atoms. The summed E-state index contributed by atoms with van der Waals surface area (Å²) in [6, 6.07) is 16.1. The summed E-state index contributed by atoms with van der Waals surface area (Å²) in [5.41, 5.74) is 3.70. The fourth-order valence-electron chi connectivity index (χ4n) is 2.98. The minimum Gasteiger partial charge on any atom is -0.386 e. The number of rotatable bonds is 5. The highest BCUT2D eigenvalue weighted by Gasteiger charge is 2.18. The van der Waals surface area contributed by atoms with Crippen LogP contribution in [0.2, 0.25) is 0 Å². The molecular formula is C20H17FN4O. The fraction of sp³-hybridized carbons (Fsp3) is 0.150. The largest absolute Gasteiger partial charge is 0.386 e. The van der Waals surface area contributed by atoms with Crippen molar-refractivity contribution in [3.63, 3.8) is 0 Å². The number of aliphatic hydroxyl groups excluding tert-OH is 1. The van der Waals surface area contributed by atoms with Gasteiger partial charge in [0.2, 0.25) is 0 Å². The molecule has 1 unspecified atom stereocenters. The zero-order chi connectivity index (χ0) is 17.9. The summed E-state index contributed by atoms with van der Waals surface area (Å²) in [6.07, 6.45) is 2.64. The van der Waals surface area contributed by atoms with E-state index in [2.05, 4.69) is 15.0 Å². The number of aliphatic hydroxyl groups is 1. The van der Waals surface area contributed by atoms with Crippen LogP contribution in [0.1, 0.15) is 22.9 Å². The van der Waals surface area contributed by atoms with E-state index in [0.717, 1.165) is 11.1 Å². The van der Waals surface area contributed by atoms with Gasteiger partial charge in [-0.05, 0) is 23.3 Å². The minimum absolute atomic E-state index is 0.299. The lowest BCUT2D eigenvalue weighted by Gasteiger charge is -2.11. The Labute approximate surface area is 149 Å². The Bertz CT molecular complexity index is 1020. The molecule has 1 N–H and O–H groups in total. The lowest BCUT2D eigenvalue weighted by molar-refractivity contribution is 0.175. The smallest absolute Gasteiger partial charge is 0.163 e. The molecule has 0 aliphatic carbocycles. The average Bonchev–Trinajstić information content (AvgIpc) is 3.07. The van der Waals surface area contributed by atoms with E-state index in [1.165, 1.54) is 18.5 Å². The molecule has 26 heavy (non-hydrogen) atoms. The third-order valence-electron chi connectivity index (χ3n) is 4.28. The van der Waals surface area contributed by atoms with Crippen LogP contribution in [0.25, 0.3) is 11.2 Å². The van der Waals surface area contributed by atoms with Crippen LogP contribution >= 0.6 is 0 Å². The summed E-state index contributed by atoms with van der Waals surface area (Å²) in [6.45, 7) is 0.641. The standard InChI is InChI=1S/C20H17FN4O/c21-16-8-6-14(7-9-16)10-17(26)18-19-20(23-12-22-18)25(13-24-19)11-15-4-2-1-3-5-15/h1-9,12-13,17,26H,10-11H2. The Morgan fingerprint density at radius 2 is 1.69 bits per heavy atom. The SMILES string of the molecule is OC(Cc1ccc(F)cc1)c1ncnc2c1ncn2Cc1ccccc1. The molecule has 0 fully saturated rings. The lowest BCUT2D eigenvalue weighted by atomic mass is 10.0. The molecule has 130 valence electrons. The van der Waals surface area contributed by atoms with Crippen LogP contribution < -0.4 is 0 Å². The summed E-state index contributed by atoms with van der Waals surface area (Å²) in [4.78, 5) is 13.0. The van der Waals surface area contributed by atoms with Crippen LogP contribution in [0.5, 0.6) is 0 Å². The van der Waals surface area contributed by atoms with Gasteiger partial charge in [-0.1, -0.05) is 42.5 Å². The molecule has 0 aliphatic rings. The molecule has 4 rings (SSSR count). The van der Waals surface area contributed by atoms with Gasteiger partial charge in [0.1, 0.15) is 29.5 Å². The first-order valence-electron chi connectivity index (χ1n) is 8.33. The molecule has 2 aromatic carbocycles. The zero-order valence-corrected chi connectivity index (χ0v) is 14.0. The lowest BCUT2D eigenvalue weighted by Crippen LogP contribution is -2.07. The maximum absolute atomic E-state index is 13.0. The second-order valence-electron chi connectivity index (χ2n) is 6.14. The fourth-order valence-corrected chi connectivity index (χ4v) is 2.98. The van der Waals surface area contributed by atoms with Crippen LogP contribution in [0, 0.1) is 5.82 Å². The first kappa shape index (κ1) is 16.4. The Kier molecular flexibility index (Phi) is 4.41. The van der Waals surface area contributed by atoms with Crippen molar-refractivity contribution in [3.05, 3.63) is 89.9 Å². The van der Waals surface area contributed by atoms with E-state index in [1.54, 1.807) is 18.5 Å². The van der Waals surface area contributed by atoms with Crippen molar-refractivity contribution in [3.8, 4) is 0 Å². The van der Waals surface area contributed by atoms with E-state index in [-0.39, 0.29) is 5.82 Å². The summed E-state index contributed by atoms with van der Waals surface area (Å²) in [7, 11) is 0. The van der Waals surface area contributed by atoms with E-state index in [1.807, 2.05) is 34.9 Å². The van der Waals surface area contributed by atoms with Gasteiger partial charge in [0.25, 0.3) is 0 Å². The van der Waals surface area contributed by atoms with Crippen LogP contribution in [0.4, 0.5) is 4.39 Å². The summed E-state index contributed by atoms with van der Waals surface area (Å²) >= 11 is 0. The highest BCUT2D eigenvalue weighted by atomic mass is 19.1. The maximum Gasteiger partial charge on any atom is 0.163 e.